The minimum absolute atomic E-state index is 0.178. The van der Waals surface area contributed by atoms with Gasteiger partial charge in [-0.25, -0.2) is 0 Å². The lowest BCUT2D eigenvalue weighted by molar-refractivity contribution is 0.171. The van der Waals surface area contributed by atoms with E-state index in [1.54, 1.807) is 13.2 Å². The van der Waals surface area contributed by atoms with Crippen molar-refractivity contribution in [2.45, 2.75) is 11.8 Å². The van der Waals surface area contributed by atoms with E-state index in [4.69, 9.17) is 9.47 Å². The number of phenolic OH excluding ortho intramolecular Hbond substituents is 1. The summed E-state index contributed by atoms with van der Waals surface area (Å²) in [7, 11) is 1.66. The molecule has 4 heteroatoms. The number of aromatic hydroxyl groups is 1. The smallest absolute Gasteiger partial charge is 0.161 e. The molecule has 0 aromatic heterocycles. The van der Waals surface area contributed by atoms with E-state index in [1.807, 2.05) is 12.1 Å². The lowest BCUT2D eigenvalue weighted by Crippen LogP contribution is -2.01. The van der Waals surface area contributed by atoms with Crippen LogP contribution in [0.15, 0.2) is 18.2 Å². The van der Waals surface area contributed by atoms with Crippen LogP contribution < -0.4 is 4.74 Å². The molecule has 0 aliphatic heterocycles. The lowest BCUT2D eigenvalue weighted by atomic mass is 10.2. The van der Waals surface area contributed by atoms with Crippen molar-refractivity contribution >= 4 is 15.9 Å². The second-order valence-corrected chi connectivity index (χ2v) is 3.69. The molecule has 3 nitrogen and oxygen atoms in total. The molecular weight excluding hydrogens is 260 g/mol. The number of alkyl halides is 1. The maximum Gasteiger partial charge on any atom is 0.161 e. The van der Waals surface area contributed by atoms with E-state index >= 15 is 0 Å². The van der Waals surface area contributed by atoms with Gasteiger partial charge in [0.2, 0.25) is 0 Å². The van der Waals surface area contributed by atoms with Crippen molar-refractivity contribution < 1.29 is 14.6 Å². The quantitative estimate of drug-likeness (QED) is 0.641. The second-order valence-electron chi connectivity index (χ2n) is 3.13. The minimum Gasteiger partial charge on any atom is -0.504 e. The fraction of sp³-hybridized carbons (Fsp3) is 0.455. The van der Waals surface area contributed by atoms with Crippen molar-refractivity contribution in [3.8, 4) is 11.5 Å². The molecule has 1 aromatic rings. The zero-order valence-corrected chi connectivity index (χ0v) is 10.3. The van der Waals surface area contributed by atoms with Crippen LogP contribution >= 0.6 is 15.9 Å². The minimum atomic E-state index is 0.178. The number of hydrogen-bond acceptors (Lipinski definition) is 3. The number of rotatable bonds is 6. The lowest BCUT2D eigenvalue weighted by Gasteiger charge is -2.08. The summed E-state index contributed by atoms with van der Waals surface area (Å²) in [5.41, 5.74) is 1.08. The van der Waals surface area contributed by atoms with Crippen LogP contribution in [0.1, 0.15) is 12.0 Å². The standard InChI is InChI=1S/C11H15BrO3/c1-14-5-2-6-15-11-7-9(8-12)3-4-10(11)13/h3-4,7,13H,2,5-6,8H2,1H3. The summed E-state index contributed by atoms with van der Waals surface area (Å²) in [6, 6.07) is 5.32. The largest absolute Gasteiger partial charge is 0.504 e. The van der Waals surface area contributed by atoms with E-state index in [9.17, 15) is 5.11 Å². The van der Waals surface area contributed by atoms with Crippen LogP contribution in [-0.4, -0.2) is 25.4 Å². The summed E-state index contributed by atoms with van der Waals surface area (Å²) < 4.78 is 10.3. The maximum atomic E-state index is 9.52. The highest BCUT2D eigenvalue weighted by atomic mass is 79.9. The zero-order chi connectivity index (χ0) is 11.1. The molecule has 0 bridgehead atoms. The van der Waals surface area contributed by atoms with E-state index in [1.165, 1.54) is 0 Å². The highest BCUT2D eigenvalue weighted by molar-refractivity contribution is 9.08. The van der Waals surface area contributed by atoms with Gasteiger partial charge < -0.3 is 14.6 Å². The molecule has 0 atom stereocenters. The highest BCUT2D eigenvalue weighted by Gasteiger charge is 2.03. The van der Waals surface area contributed by atoms with Gasteiger partial charge in [0, 0.05) is 25.5 Å². The van der Waals surface area contributed by atoms with E-state index in [-0.39, 0.29) is 5.75 Å². The first-order valence-electron chi connectivity index (χ1n) is 4.77. The number of ether oxygens (including phenoxy) is 2. The number of halogens is 1. The summed E-state index contributed by atoms with van der Waals surface area (Å²) in [4.78, 5) is 0. The van der Waals surface area contributed by atoms with Crippen LogP contribution in [0.25, 0.3) is 0 Å². The van der Waals surface area contributed by atoms with Crippen LogP contribution in [-0.2, 0) is 10.1 Å². The predicted octanol–water partition coefficient (Wildman–Crippen LogP) is 2.70. The molecule has 84 valence electrons. The molecule has 15 heavy (non-hydrogen) atoms. The molecule has 0 radical (unpaired) electrons. The number of hydrogen-bond donors (Lipinski definition) is 1. The van der Waals surface area contributed by atoms with Gasteiger partial charge in [0.1, 0.15) is 0 Å². The second kappa shape index (κ2) is 6.69. The molecule has 0 spiro atoms. The van der Waals surface area contributed by atoms with Crippen molar-refractivity contribution in [3.63, 3.8) is 0 Å². The van der Waals surface area contributed by atoms with Gasteiger partial charge in [-0.1, -0.05) is 22.0 Å². The Morgan fingerprint density at radius 2 is 2.13 bits per heavy atom. The molecule has 1 N–H and O–H groups in total. The first-order valence-corrected chi connectivity index (χ1v) is 5.89. The fourth-order valence-corrected chi connectivity index (χ4v) is 1.49. The average molecular weight is 275 g/mol. The zero-order valence-electron chi connectivity index (χ0n) is 8.70. The summed E-state index contributed by atoms with van der Waals surface area (Å²) in [6.45, 7) is 1.21. The van der Waals surface area contributed by atoms with E-state index in [2.05, 4.69) is 15.9 Å². The van der Waals surface area contributed by atoms with Gasteiger partial charge in [-0.05, 0) is 17.7 Å². The van der Waals surface area contributed by atoms with Crippen molar-refractivity contribution in [2.24, 2.45) is 0 Å². The van der Waals surface area contributed by atoms with Crippen molar-refractivity contribution in [1.82, 2.24) is 0 Å². The average Bonchev–Trinajstić information content (AvgIpc) is 2.26. The molecule has 1 aromatic carbocycles. The topological polar surface area (TPSA) is 38.7 Å². The third-order valence-corrected chi connectivity index (χ3v) is 2.58. The SMILES string of the molecule is COCCCOc1cc(CBr)ccc1O. The van der Waals surface area contributed by atoms with Crippen molar-refractivity contribution in [3.05, 3.63) is 23.8 Å². The van der Waals surface area contributed by atoms with Gasteiger partial charge >= 0.3 is 0 Å². The maximum absolute atomic E-state index is 9.52. The fourth-order valence-electron chi connectivity index (χ4n) is 1.14. The van der Waals surface area contributed by atoms with Gasteiger partial charge in [0.05, 0.1) is 6.61 Å². The Labute approximate surface area is 98.1 Å². The van der Waals surface area contributed by atoms with Crippen LogP contribution in [0.5, 0.6) is 11.5 Å². The van der Waals surface area contributed by atoms with Crippen molar-refractivity contribution in [1.29, 1.82) is 0 Å². The van der Waals surface area contributed by atoms with Crippen LogP contribution in [0.2, 0.25) is 0 Å². The molecule has 0 unspecified atom stereocenters. The monoisotopic (exact) mass is 274 g/mol. The first-order chi connectivity index (χ1) is 7.27. The molecule has 0 saturated carbocycles. The number of phenols is 1. The molecule has 0 saturated heterocycles. The van der Waals surface area contributed by atoms with Crippen molar-refractivity contribution in [2.75, 3.05) is 20.3 Å². The Morgan fingerprint density at radius 3 is 2.80 bits per heavy atom. The molecule has 0 aliphatic carbocycles. The summed E-state index contributed by atoms with van der Waals surface area (Å²) in [5, 5.41) is 10.3. The summed E-state index contributed by atoms with van der Waals surface area (Å²) >= 11 is 3.35. The highest BCUT2D eigenvalue weighted by Crippen LogP contribution is 2.27. The van der Waals surface area contributed by atoms with Gasteiger partial charge in [-0.2, -0.15) is 0 Å². The van der Waals surface area contributed by atoms with Gasteiger partial charge in [0.25, 0.3) is 0 Å². The van der Waals surface area contributed by atoms with Gasteiger partial charge in [-0.3, -0.25) is 0 Å². The Morgan fingerprint density at radius 1 is 1.33 bits per heavy atom. The number of methoxy groups -OCH3 is 1. The summed E-state index contributed by atoms with van der Waals surface area (Å²) in [6.07, 6.45) is 0.814. The molecule has 0 amide bonds. The van der Waals surface area contributed by atoms with E-state index in [0.717, 1.165) is 17.3 Å². The van der Waals surface area contributed by atoms with Crippen LogP contribution in [0.4, 0.5) is 0 Å². The molecule has 0 heterocycles. The number of benzene rings is 1. The summed E-state index contributed by atoms with van der Waals surface area (Å²) in [5.74, 6) is 0.708. The Kier molecular flexibility index (Phi) is 5.50. The molecule has 1 rings (SSSR count). The molecule has 0 aliphatic rings. The third-order valence-electron chi connectivity index (χ3n) is 1.93. The van der Waals surface area contributed by atoms with E-state index < -0.39 is 0 Å². The van der Waals surface area contributed by atoms with Gasteiger partial charge in [0.15, 0.2) is 11.5 Å². The van der Waals surface area contributed by atoms with Gasteiger partial charge in [-0.15, -0.1) is 0 Å². The molecular formula is C11H15BrO3. The third kappa shape index (κ3) is 4.10. The Hall–Kier alpha value is -0.740. The van der Waals surface area contributed by atoms with Crippen LogP contribution in [0, 0.1) is 0 Å². The van der Waals surface area contributed by atoms with E-state index in [0.29, 0.717) is 19.0 Å². The molecule has 0 fully saturated rings. The predicted molar refractivity (Wildman–Crippen MR) is 62.7 cm³/mol. The normalized spacial score (nSPS) is 10.3. The Bertz CT molecular complexity index is 302. The first kappa shape index (κ1) is 12.3. The Balaban J connectivity index is 2.51. The van der Waals surface area contributed by atoms with Crippen LogP contribution in [0.3, 0.4) is 0 Å².